The number of amides is 2. The molecule has 1 aliphatic rings. The van der Waals surface area contributed by atoms with Crippen molar-refractivity contribution in [2.75, 3.05) is 6.79 Å². The number of hydrogen-bond acceptors (Lipinski definition) is 4. The highest BCUT2D eigenvalue weighted by molar-refractivity contribution is 5.88. The molecule has 0 saturated carbocycles. The van der Waals surface area contributed by atoms with E-state index >= 15 is 0 Å². The van der Waals surface area contributed by atoms with Gasteiger partial charge in [0.05, 0.1) is 0 Å². The summed E-state index contributed by atoms with van der Waals surface area (Å²) >= 11 is 0. The van der Waals surface area contributed by atoms with E-state index in [1.165, 1.54) is 12.1 Å². The van der Waals surface area contributed by atoms with Gasteiger partial charge in [-0.2, -0.15) is 0 Å². The number of ether oxygens (including phenoxy) is 2. The van der Waals surface area contributed by atoms with Crippen LogP contribution in [0.2, 0.25) is 0 Å². The highest BCUT2D eigenvalue weighted by Gasteiger charge is 2.30. The number of halogens is 1. The second kappa shape index (κ2) is 10.0. The predicted octanol–water partition coefficient (Wildman–Crippen LogP) is 4.21. The molecule has 0 fully saturated rings. The lowest BCUT2D eigenvalue weighted by Crippen LogP contribution is -2.53. The minimum Gasteiger partial charge on any atom is -0.454 e. The van der Waals surface area contributed by atoms with Crippen LogP contribution in [0.25, 0.3) is 0 Å². The van der Waals surface area contributed by atoms with Crippen LogP contribution in [0.1, 0.15) is 51.7 Å². The maximum absolute atomic E-state index is 13.4. The van der Waals surface area contributed by atoms with E-state index in [0.29, 0.717) is 24.3 Å². The fourth-order valence-corrected chi connectivity index (χ4v) is 3.65. The zero-order chi connectivity index (χ0) is 23.3. The predicted molar refractivity (Wildman–Crippen MR) is 120 cm³/mol. The number of nitrogens with one attached hydrogen (secondary N) is 1. The number of carbonyl (C=O) groups excluding carboxylic acids is 2. The minimum absolute atomic E-state index is 0.136. The lowest BCUT2D eigenvalue weighted by Gasteiger charge is -2.33. The zero-order valence-corrected chi connectivity index (χ0v) is 19.1. The Balaban J connectivity index is 1.77. The van der Waals surface area contributed by atoms with Crippen molar-refractivity contribution in [1.29, 1.82) is 0 Å². The van der Waals surface area contributed by atoms with Crippen LogP contribution in [-0.4, -0.2) is 35.1 Å². The zero-order valence-electron chi connectivity index (χ0n) is 19.1. The molecule has 1 heterocycles. The van der Waals surface area contributed by atoms with E-state index in [1.54, 1.807) is 17.0 Å². The fraction of sp³-hybridized carbons (Fsp3) is 0.440. The first-order valence-electron chi connectivity index (χ1n) is 10.9. The summed E-state index contributed by atoms with van der Waals surface area (Å²) in [5.41, 5.74) is 1.31. The Kier molecular flexibility index (Phi) is 7.38. The Bertz CT molecular complexity index is 953. The summed E-state index contributed by atoms with van der Waals surface area (Å²) in [6.07, 6.45) is 1.21. The largest absolute Gasteiger partial charge is 0.454 e. The summed E-state index contributed by atoms with van der Waals surface area (Å²) < 4.78 is 24.1. The van der Waals surface area contributed by atoms with E-state index in [1.807, 2.05) is 45.9 Å². The lowest BCUT2D eigenvalue weighted by molar-refractivity contribution is -0.142. The SMILES string of the molecule is CC[C@H](C(=O)NC(C)(C)C)N(Cc1ccc(F)cc1)C(=O)CCc1ccc2c(c1)OCO2. The molecule has 2 amide bonds. The van der Waals surface area contributed by atoms with Gasteiger partial charge in [0.25, 0.3) is 0 Å². The Hall–Kier alpha value is -3.09. The maximum Gasteiger partial charge on any atom is 0.243 e. The van der Waals surface area contributed by atoms with Crippen molar-refractivity contribution < 1.29 is 23.5 Å². The van der Waals surface area contributed by atoms with Gasteiger partial charge in [0.1, 0.15) is 11.9 Å². The molecule has 2 aromatic carbocycles. The maximum atomic E-state index is 13.4. The van der Waals surface area contributed by atoms with Gasteiger partial charge in [0.15, 0.2) is 11.5 Å². The third kappa shape index (κ3) is 6.22. The van der Waals surface area contributed by atoms with Crippen molar-refractivity contribution in [3.63, 3.8) is 0 Å². The normalized spacial score (nSPS) is 13.5. The molecule has 7 heteroatoms. The molecule has 0 spiro atoms. The van der Waals surface area contributed by atoms with Gasteiger partial charge in [-0.15, -0.1) is 0 Å². The molecule has 32 heavy (non-hydrogen) atoms. The summed E-state index contributed by atoms with van der Waals surface area (Å²) in [5, 5.41) is 2.98. The molecule has 6 nitrogen and oxygen atoms in total. The third-order valence-corrected chi connectivity index (χ3v) is 5.21. The van der Waals surface area contributed by atoms with Crippen LogP contribution >= 0.6 is 0 Å². The molecule has 1 N–H and O–H groups in total. The number of hydrogen-bond donors (Lipinski definition) is 1. The molecular weight excluding hydrogens is 411 g/mol. The first-order chi connectivity index (χ1) is 15.2. The standard InChI is InChI=1S/C25H31FN2O4/c1-5-20(24(30)27-25(2,3)4)28(15-18-6-10-19(26)11-7-18)23(29)13-9-17-8-12-21-22(14-17)32-16-31-21/h6-8,10-12,14,20H,5,9,13,15-16H2,1-4H3,(H,27,30)/t20-/m1/s1. The summed E-state index contributed by atoms with van der Waals surface area (Å²) in [6, 6.07) is 11.0. The van der Waals surface area contributed by atoms with E-state index in [0.717, 1.165) is 11.1 Å². The van der Waals surface area contributed by atoms with Gasteiger partial charge < -0.3 is 19.7 Å². The fourth-order valence-electron chi connectivity index (χ4n) is 3.65. The number of fused-ring (bicyclic) bond motifs is 1. The van der Waals surface area contributed by atoms with E-state index in [9.17, 15) is 14.0 Å². The summed E-state index contributed by atoms with van der Waals surface area (Å²) in [4.78, 5) is 27.9. The van der Waals surface area contributed by atoms with Gasteiger partial charge in [-0.25, -0.2) is 4.39 Å². The Morgan fingerprint density at radius 1 is 1.06 bits per heavy atom. The molecule has 0 unspecified atom stereocenters. The molecule has 0 bridgehead atoms. The molecule has 172 valence electrons. The quantitative estimate of drug-likeness (QED) is 0.665. The van der Waals surface area contributed by atoms with Crippen molar-refractivity contribution in [3.05, 3.63) is 59.4 Å². The number of nitrogens with zero attached hydrogens (tertiary/aromatic N) is 1. The van der Waals surface area contributed by atoms with Gasteiger partial charge in [-0.1, -0.05) is 25.1 Å². The van der Waals surface area contributed by atoms with Crippen molar-refractivity contribution in [3.8, 4) is 11.5 Å². The highest BCUT2D eigenvalue weighted by atomic mass is 19.1. The Morgan fingerprint density at radius 3 is 2.38 bits per heavy atom. The van der Waals surface area contributed by atoms with E-state index in [2.05, 4.69) is 5.32 Å². The van der Waals surface area contributed by atoms with Crippen molar-refractivity contribution in [2.45, 2.75) is 65.1 Å². The van der Waals surface area contributed by atoms with E-state index in [4.69, 9.17) is 9.47 Å². The van der Waals surface area contributed by atoms with E-state index in [-0.39, 0.29) is 37.4 Å². The third-order valence-electron chi connectivity index (χ3n) is 5.21. The second-order valence-electron chi connectivity index (χ2n) is 9.00. The molecule has 2 aromatic rings. The molecule has 0 aromatic heterocycles. The first kappa shape index (κ1) is 23.6. The number of aryl methyl sites for hydroxylation is 1. The first-order valence-corrected chi connectivity index (χ1v) is 10.9. The Labute approximate surface area is 188 Å². The lowest BCUT2D eigenvalue weighted by atomic mass is 10.0. The van der Waals surface area contributed by atoms with Crippen molar-refractivity contribution in [2.24, 2.45) is 0 Å². The van der Waals surface area contributed by atoms with Gasteiger partial charge in [-0.05, 0) is 69.0 Å². The number of carbonyl (C=O) groups is 2. The topological polar surface area (TPSA) is 67.9 Å². The van der Waals surface area contributed by atoms with Crippen LogP contribution in [0.3, 0.4) is 0 Å². The van der Waals surface area contributed by atoms with Gasteiger partial charge in [0.2, 0.25) is 18.6 Å². The number of benzene rings is 2. The Morgan fingerprint density at radius 2 is 1.72 bits per heavy atom. The average molecular weight is 443 g/mol. The van der Waals surface area contributed by atoms with Crippen LogP contribution in [-0.2, 0) is 22.6 Å². The van der Waals surface area contributed by atoms with Crippen LogP contribution in [0.15, 0.2) is 42.5 Å². The van der Waals surface area contributed by atoms with Crippen LogP contribution in [0.4, 0.5) is 4.39 Å². The summed E-state index contributed by atoms with van der Waals surface area (Å²) in [7, 11) is 0. The molecule has 0 saturated heterocycles. The van der Waals surface area contributed by atoms with Crippen molar-refractivity contribution >= 4 is 11.8 Å². The van der Waals surface area contributed by atoms with Crippen LogP contribution < -0.4 is 14.8 Å². The molecule has 1 atom stereocenters. The van der Waals surface area contributed by atoms with Gasteiger partial charge >= 0.3 is 0 Å². The molecule has 0 aliphatic carbocycles. The monoisotopic (exact) mass is 442 g/mol. The molecule has 3 rings (SSSR count). The van der Waals surface area contributed by atoms with E-state index < -0.39 is 11.6 Å². The molecule has 0 radical (unpaired) electrons. The van der Waals surface area contributed by atoms with Gasteiger partial charge in [-0.3, -0.25) is 9.59 Å². The minimum atomic E-state index is -0.622. The average Bonchev–Trinajstić information content (AvgIpc) is 3.20. The summed E-state index contributed by atoms with van der Waals surface area (Å²) in [5.74, 6) is 0.699. The van der Waals surface area contributed by atoms with Crippen LogP contribution in [0.5, 0.6) is 11.5 Å². The molecular formula is C25H31FN2O4. The van der Waals surface area contributed by atoms with Gasteiger partial charge in [0, 0.05) is 18.5 Å². The smallest absolute Gasteiger partial charge is 0.243 e. The van der Waals surface area contributed by atoms with Crippen molar-refractivity contribution in [1.82, 2.24) is 10.2 Å². The second-order valence-corrected chi connectivity index (χ2v) is 9.00. The van der Waals surface area contributed by atoms with Crippen LogP contribution in [0, 0.1) is 5.82 Å². The highest BCUT2D eigenvalue weighted by Crippen LogP contribution is 2.32. The molecule has 1 aliphatic heterocycles. The summed E-state index contributed by atoms with van der Waals surface area (Å²) in [6.45, 7) is 8.03. The number of rotatable bonds is 8.